The fraction of sp³-hybridized carbons (Fsp3) is 0.364. The minimum absolute atomic E-state index is 0.0198. The molecular formula is C11H17NO. The van der Waals surface area contributed by atoms with Gasteiger partial charge in [0, 0.05) is 0 Å². The van der Waals surface area contributed by atoms with Gasteiger partial charge in [0.1, 0.15) is 5.78 Å². The Kier molecular flexibility index (Phi) is 5.81. The van der Waals surface area contributed by atoms with Crippen LogP contribution >= 0.6 is 0 Å². The highest BCUT2D eigenvalue weighted by atomic mass is 16.1. The SMILES string of the molecule is C=C/C=C\C(=C/C)CC(N)C(C)=O. The van der Waals surface area contributed by atoms with E-state index >= 15 is 0 Å². The van der Waals surface area contributed by atoms with E-state index in [2.05, 4.69) is 6.58 Å². The summed E-state index contributed by atoms with van der Waals surface area (Å²) in [5.41, 5.74) is 6.67. The summed E-state index contributed by atoms with van der Waals surface area (Å²) in [6.07, 6.45) is 7.99. The van der Waals surface area contributed by atoms with Gasteiger partial charge in [-0.2, -0.15) is 0 Å². The van der Waals surface area contributed by atoms with Gasteiger partial charge in [0.25, 0.3) is 0 Å². The monoisotopic (exact) mass is 179 g/mol. The molecule has 0 fully saturated rings. The van der Waals surface area contributed by atoms with Crippen LogP contribution in [0.1, 0.15) is 20.3 Å². The number of ketones is 1. The summed E-state index contributed by atoms with van der Waals surface area (Å²) in [6.45, 7) is 7.00. The maximum absolute atomic E-state index is 10.9. The van der Waals surface area contributed by atoms with E-state index in [0.29, 0.717) is 6.42 Å². The molecule has 2 N–H and O–H groups in total. The molecule has 0 rings (SSSR count). The molecule has 1 atom stereocenters. The predicted molar refractivity (Wildman–Crippen MR) is 56.4 cm³/mol. The van der Waals surface area contributed by atoms with Crippen molar-refractivity contribution in [2.24, 2.45) is 5.73 Å². The largest absolute Gasteiger partial charge is 0.321 e. The molecule has 0 aromatic carbocycles. The highest BCUT2D eigenvalue weighted by Crippen LogP contribution is 2.06. The Labute approximate surface area is 79.8 Å². The Bertz CT molecular complexity index is 238. The van der Waals surface area contributed by atoms with Crippen molar-refractivity contribution in [1.82, 2.24) is 0 Å². The number of allylic oxidation sites excluding steroid dienone is 4. The molecule has 0 radical (unpaired) electrons. The van der Waals surface area contributed by atoms with Gasteiger partial charge < -0.3 is 5.73 Å². The fourth-order valence-corrected chi connectivity index (χ4v) is 0.871. The fourth-order valence-electron chi connectivity index (χ4n) is 0.871. The zero-order valence-electron chi connectivity index (χ0n) is 8.29. The standard InChI is InChI=1S/C11H17NO/c1-4-6-7-10(5-2)8-11(12)9(3)13/h4-7,11H,1,8,12H2,2-3H3/b7-6-,10-5+. The molecule has 0 bridgehead atoms. The Balaban J connectivity index is 4.22. The Hall–Kier alpha value is -1.15. The molecule has 13 heavy (non-hydrogen) atoms. The molecular weight excluding hydrogens is 162 g/mol. The highest BCUT2D eigenvalue weighted by Gasteiger charge is 2.08. The van der Waals surface area contributed by atoms with Gasteiger partial charge in [-0.1, -0.05) is 36.5 Å². The Morgan fingerprint density at radius 2 is 2.23 bits per heavy atom. The van der Waals surface area contributed by atoms with Crippen molar-refractivity contribution >= 4 is 5.78 Å². The van der Waals surface area contributed by atoms with Crippen LogP contribution < -0.4 is 5.73 Å². The number of rotatable bonds is 5. The van der Waals surface area contributed by atoms with Crippen LogP contribution in [0.15, 0.2) is 36.5 Å². The molecule has 1 unspecified atom stereocenters. The second-order valence-electron chi connectivity index (χ2n) is 2.88. The second-order valence-corrected chi connectivity index (χ2v) is 2.88. The number of nitrogens with two attached hydrogens (primary N) is 1. The van der Waals surface area contributed by atoms with Crippen LogP contribution in [-0.4, -0.2) is 11.8 Å². The summed E-state index contributed by atoms with van der Waals surface area (Å²) in [7, 11) is 0. The van der Waals surface area contributed by atoms with Gasteiger partial charge in [-0.25, -0.2) is 0 Å². The second kappa shape index (κ2) is 6.38. The normalized spacial score (nSPS) is 14.5. The van der Waals surface area contributed by atoms with Crippen LogP contribution in [0.25, 0.3) is 0 Å². The van der Waals surface area contributed by atoms with Crippen LogP contribution in [0.3, 0.4) is 0 Å². The molecule has 0 amide bonds. The predicted octanol–water partition coefficient (Wildman–Crippen LogP) is 1.98. The first-order valence-electron chi connectivity index (χ1n) is 4.32. The summed E-state index contributed by atoms with van der Waals surface area (Å²) in [4.78, 5) is 10.9. The van der Waals surface area contributed by atoms with E-state index in [4.69, 9.17) is 5.73 Å². The third-order valence-electron chi connectivity index (χ3n) is 1.79. The molecule has 0 heterocycles. The quantitative estimate of drug-likeness (QED) is 0.656. The summed E-state index contributed by atoms with van der Waals surface area (Å²) in [5, 5.41) is 0. The van der Waals surface area contributed by atoms with E-state index in [9.17, 15) is 4.79 Å². The molecule has 0 spiro atoms. The van der Waals surface area contributed by atoms with Crippen molar-refractivity contribution in [3.63, 3.8) is 0 Å². The lowest BCUT2D eigenvalue weighted by Gasteiger charge is -2.07. The van der Waals surface area contributed by atoms with Crippen molar-refractivity contribution in [2.75, 3.05) is 0 Å². The van der Waals surface area contributed by atoms with Gasteiger partial charge in [0.05, 0.1) is 6.04 Å². The number of Topliss-reactive ketones (excluding diaryl/α,β-unsaturated/α-hetero) is 1. The third kappa shape index (κ3) is 5.15. The van der Waals surface area contributed by atoms with Gasteiger partial charge in [-0.15, -0.1) is 0 Å². The average Bonchev–Trinajstić information content (AvgIpc) is 2.11. The molecule has 0 saturated carbocycles. The Morgan fingerprint density at radius 1 is 1.62 bits per heavy atom. The van der Waals surface area contributed by atoms with Crippen LogP contribution in [0.2, 0.25) is 0 Å². The van der Waals surface area contributed by atoms with E-state index in [1.54, 1.807) is 6.08 Å². The summed E-state index contributed by atoms with van der Waals surface area (Å²) < 4.78 is 0. The molecule has 72 valence electrons. The maximum Gasteiger partial charge on any atom is 0.146 e. The van der Waals surface area contributed by atoms with E-state index in [1.165, 1.54) is 6.92 Å². The van der Waals surface area contributed by atoms with Crippen LogP contribution in [0, 0.1) is 0 Å². The topological polar surface area (TPSA) is 43.1 Å². The van der Waals surface area contributed by atoms with Gasteiger partial charge >= 0.3 is 0 Å². The molecule has 2 heteroatoms. The lowest BCUT2D eigenvalue weighted by Crippen LogP contribution is -2.28. The summed E-state index contributed by atoms with van der Waals surface area (Å²) in [6, 6.07) is -0.388. The molecule has 2 nitrogen and oxygen atoms in total. The van der Waals surface area contributed by atoms with E-state index in [1.807, 2.05) is 25.2 Å². The summed E-state index contributed by atoms with van der Waals surface area (Å²) in [5.74, 6) is 0.0198. The number of hydrogen-bond acceptors (Lipinski definition) is 2. The minimum Gasteiger partial charge on any atom is -0.321 e. The smallest absolute Gasteiger partial charge is 0.146 e. The molecule has 0 aliphatic carbocycles. The van der Waals surface area contributed by atoms with Crippen molar-refractivity contribution in [3.05, 3.63) is 36.5 Å². The molecule has 0 aliphatic rings. The zero-order valence-corrected chi connectivity index (χ0v) is 8.29. The van der Waals surface area contributed by atoms with Gasteiger partial charge in [-0.05, 0) is 20.3 Å². The average molecular weight is 179 g/mol. The Morgan fingerprint density at radius 3 is 2.62 bits per heavy atom. The number of carbonyl (C=O) groups is 1. The van der Waals surface area contributed by atoms with E-state index in [0.717, 1.165) is 5.57 Å². The maximum atomic E-state index is 10.9. The molecule has 0 saturated heterocycles. The minimum atomic E-state index is -0.388. The third-order valence-corrected chi connectivity index (χ3v) is 1.79. The highest BCUT2D eigenvalue weighted by molar-refractivity contribution is 5.81. The molecule has 0 aromatic heterocycles. The van der Waals surface area contributed by atoms with E-state index < -0.39 is 0 Å². The van der Waals surface area contributed by atoms with Gasteiger partial charge in [-0.3, -0.25) is 4.79 Å². The van der Waals surface area contributed by atoms with E-state index in [-0.39, 0.29) is 11.8 Å². The number of carbonyl (C=O) groups excluding carboxylic acids is 1. The lowest BCUT2D eigenvalue weighted by atomic mass is 10.0. The van der Waals surface area contributed by atoms with Crippen molar-refractivity contribution < 1.29 is 4.79 Å². The molecule has 0 aromatic rings. The summed E-state index contributed by atoms with van der Waals surface area (Å²) >= 11 is 0. The first-order valence-corrected chi connectivity index (χ1v) is 4.32. The van der Waals surface area contributed by atoms with Gasteiger partial charge in [0.15, 0.2) is 0 Å². The van der Waals surface area contributed by atoms with Crippen molar-refractivity contribution in [2.45, 2.75) is 26.3 Å². The first kappa shape index (κ1) is 11.8. The van der Waals surface area contributed by atoms with Gasteiger partial charge in [0.2, 0.25) is 0 Å². The lowest BCUT2D eigenvalue weighted by molar-refractivity contribution is -0.118. The van der Waals surface area contributed by atoms with Crippen LogP contribution in [-0.2, 0) is 4.79 Å². The first-order chi connectivity index (χ1) is 6.11. The van der Waals surface area contributed by atoms with Crippen LogP contribution in [0.5, 0.6) is 0 Å². The van der Waals surface area contributed by atoms with Crippen molar-refractivity contribution in [3.8, 4) is 0 Å². The number of hydrogen-bond donors (Lipinski definition) is 1. The molecule has 0 aliphatic heterocycles. The van der Waals surface area contributed by atoms with Crippen molar-refractivity contribution in [1.29, 1.82) is 0 Å². The zero-order chi connectivity index (χ0) is 10.3. The van der Waals surface area contributed by atoms with Crippen LogP contribution in [0.4, 0.5) is 0 Å².